The van der Waals surface area contributed by atoms with Crippen molar-refractivity contribution in [3.05, 3.63) is 34.8 Å². The van der Waals surface area contributed by atoms with Crippen LogP contribution in [0.5, 0.6) is 5.75 Å². The summed E-state index contributed by atoms with van der Waals surface area (Å²) in [5.74, 6) is -1.60. The fourth-order valence-corrected chi connectivity index (χ4v) is 1.53. The van der Waals surface area contributed by atoms with Gasteiger partial charge < -0.3 is 15.2 Å². The van der Waals surface area contributed by atoms with Crippen LogP contribution in [0.4, 0.5) is 10.5 Å². The lowest BCUT2D eigenvalue weighted by molar-refractivity contribution is -0.131. The van der Waals surface area contributed by atoms with E-state index in [1.807, 2.05) is 5.32 Å². The first-order chi connectivity index (χ1) is 9.42. The molecule has 0 unspecified atom stereocenters. The number of carbonyl (C=O) groups excluding carboxylic acids is 2. The number of carbonyl (C=O) groups is 3. The van der Waals surface area contributed by atoms with Crippen molar-refractivity contribution in [2.24, 2.45) is 0 Å². The summed E-state index contributed by atoms with van der Waals surface area (Å²) in [5, 5.41) is 12.7. The van der Waals surface area contributed by atoms with Crippen molar-refractivity contribution in [2.45, 2.75) is 0 Å². The minimum atomic E-state index is -1.28. The number of rotatable bonds is 4. The van der Waals surface area contributed by atoms with Crippen LogP contribution in [-0.2, 0) is 9.59 Å². The number of halogens is 1. The molecule has 7 nitrogen and oxygen atoms in total. The molecule has 3 amide bonds. The topological polar surface area (TPSA) is 105 Å². The lowest BCUT2D eigenvalue weighted by Crippen LogP contribution is -2.33. The quantitative estimate of drug-likeness (QED) is 0.723. The van der Waals surface area contributed by atoms with E-state index < -0.39 is 17.9 Å². The van der Waals surface area contributed by atoms with Crippen molar-refractivity contribution in [3.8, 4) is 5.75 Å². The number of amides is 3. The molecule has 0 fully saturated rings. The molecule has 0 heterocycles. The van der Waals surface area contributed by atoms with Gasteiger partial charge in [-0.15, -0.1) is 0 Å². The predicted molar refractivity (Wildman–Crippen MR) is 74.6 cm³/mol. The number of carboxylic acids is 1. The second kappa shape index (κ2) is 7.29. The van der Waals surface area contributed by atoms with E-state index in [-0.39, 0.29) is 0 Å². The smallest absolute Gasteiger partial charge is 0.328 e. The predicted octanol–water partition coefficient (Wildman–Crippen LogP) is 1.75. The van der Waals surface area contributed by atoms with Crippen molar-refractivity contribution in [3.63, 3.8) is 0 Å². The van der Waals surface area contributed by atoms with Gasteiger partial charge in [0.25, 0.3) is 5.91 Å². The van der Waals surface area contributed by atoms with Crippen LogP contribution < -0.4 is 15.4 Å². The van der Waals surface area contributed by atoms with Gasteiger partial charge in [-0.05, 0) is 28.1 Å². The Morgan fingerprint density at radius 2 is 2.00 bits per heavy atom. The Kier molecular flexibility index (Phi) is 5.73. The molecular weight excluding hydrogens is 332 g/mol. The first kappa shape index (κ1) is 15.7. The molecule has 1 rings (SSSR count). The van der Waals surface area contributed by atoms with Crippen LogP contribution in [0.25, 0.3) is 0 Å². The minimum absolute atomic E-state index is 0.400. The molecule has 0 spiro atoms. The number of nitrogens with one attached hydrogen (secondary N) is 2. The highest BCUT2D eigenvalue weighted by atomic mass is 79.9. The Morgan fingerprint density at radius 1 is 1.30 bits per heavy atom. The van der Waals surface area contributed by atoms with Gasteiger partial charge in [0.2, 0.25) is 0 Å². The molecule has 1 aromatic carbocycles. The van der Waals surface area contributed by atoms with Crippen LogP contribution in [0.2, 0.25) is 0 Å². The number of hydrogen-bond donors (Lipinski definition) is 3. The standard InChI is InChI=1S/C12H11BrN2O5/c1-20-7-2-3-8(13)9(6-7)14-12(19)15-10(16)4-5-11(17)18/h2-6H,1H3,(H,17,18)(H2,14,15,16,19). The fourth-order valence-electron chi connectivity index (χ4n) is 1.18. The van der Waals surface area contributed by atoms with E-state index in [0.29, 0.717) is 22.0 Å². The number of methoxy groups -OCH3 is 1. The monoisotopic (exact) mass is 342 g/mol. The van der Waals surface area contributed by atoms with Gasteiger partial charge in [-0.2, -0.15) is 0 Å². The highest BCUT2D eigenvalue weighted by molar-refractivity contribution is 9.10. The van der Waals surface area contributed by atoms with E-state index in [1.165, 1.54) is 7.11 Å². The molecule has 0 saturated carbocycles. The summed E-state index contributed by atoms with van der Waals surface area (Å²) in [4.78, 5) is 32.9. The molecular formula is C12H11BrN2O5. The van der Waals surface area contributed by atoms with Gasteiger partial charge in [0.1, 0.15) is 5.75 Å². The van der Waals surface area contributed by atoms with Gasteiger partial charge in [-0.3, -0.25) is 10.1 Å². The molecule has 0 aliphatic carbocycles. The van der Waals surface area contributed by atoms with Gasteiger partial charge in [0.05, 0.1) is 12.8 Å². The van der Waals surface area contributed by atoms with Gasteiger partial charge >= 0.3 is 12.0 Å². The SMILES string of the molecule is COc1ccc(Br)c(NC(=O)NC(=O)C=CC(=O)O)c1. The summed E-state index contributed by atoms with van der Waals surface area (Å²) in [6.45, 7) is 0. The zero-order valence-corrected chi connectivity index (χ0v) is 11.9. The van der Waals surface area contributed by atoms with Gasteiger partial charge in [-0.25, -0.2) is 9.59 Å². The molecule has 3 N–H and O–H groups in total. The number of anilines is 1. The molecule has 0 aromatic heterocycles. The molecule has 0 bridgehead atoms. The number of hydrogen-bond acceptors (Lipinski definition) is 4. The second-order valence-corrected chi connectivity index (χ2v) is 4.32. The summed E-state index contributed by atoms with van der Waals surface area (Å²) in [5.41, 5.74) is 0.400. The van der Waals surface area contributed by atoms with Crippen LogP contribution in [0.1, 0.15) is 0 Å². The average molecular weight is 343 g/mol. The third kappa shape index (κ3) is 5.11. The Labute approximate surface area is 122 Å². The number of imide groups is 1. The maximum Gasteiger partial charge on any atom is 0.328 e. The van der Waals surface area contributed by atoms with Crippen LogP contribution >= 0.6 is 15.9 Å². The second-order valence-electron chi connectivity index (χ2n) is 3.46. The van der Waals surface area contributed by atoms with Crippen molar-refractivity contribution in [2.75, 3.05) is 12.4 Å². The Balaban J connectivity index is 2.67. The van der Waals surface area contributed by atoms with Crippen molar-refractivity contribution in [1.29, 1.82) is 0 Å². The van der Waals surface area contributed by atoms with E-state index in [2.05, 4.69) is 21.2 Å². The van der Waals surface area contributed by atoms with E-state index in [9.17, 15) is 14.4 Å². The van der Waals surface area contributed by atoms with Crippen LogP contribution in [-0.4, -0.2) is 30.1 Å². The van der Waals surface area contributed by atoms with Crippen molar-refractivity contribution < 1.29 is 24.2 Å². The molecule has 1 aromatic rings. The Hall–Kier alpha value is -2.35. The van der Waals surface area contributed by atoms with E-state index >= 15 is 0 Å². The number of carboxylic acid groups (broad SMARTS) is 1. The maximum atomic E-state index is 11.5. The molecule has 0 saturated heterocycles. The van der Waals surface area contributed by atoms with Crippen LogP contribution in [0.3, 0.4) is 0 Å². The van der Waals surface area contributed by atoms with Gasteiger partial charge in [-0.1, -0.05) is 0 Å². The molecule has 0 aliphatic rings. The number of ether oxygens (including phenoxy) is 1. The van der Waals surface area contributed by atoms with E-state index in [4.69, 9.17) is 9.84 Å². The summed E-state index contributed by atoms with van der Waals surface area (Å²) in [6, 6.07) is 4.12. The first-order valence-electron chi connectivity index (χ1n) is 5.29. The number of benzene rings is 1. The normalized spacial score (nSPS) is 10.1. The van der Waals surface area contributed by atoms with Gasteiger partial charge in [0.15, 0.2) is 0 Å². The summed E-state index contributed by atoms with van der Waals surface area (Å²) in [7, 11) is 1.48. The highest BCUT2D eigenvalue weighted by Crippen LogP contribution is 2.26. The highest BCUT2D eigenvalue weighted by Gasteiger charge is 2.09. The maximum absolute atomic E-state index is 11.5. The zero-order chi connectivity index (χ0) is 15.1. The van der Waals surface area contributed by atoms with Crippen LogP contribution in [0.15, 0.2) is 34.8 Å². The molecule has 0 atom stereocenters. The summed E-state index contributed by atoms with van der Waals surface area (Å²) in [6.07, 6.45) is 1.37. The lowest BCUT2D eigenvalue weighted by Gasteiger charge is -2.09. The summed E-state index contributed by atoms with van der Waals surface area (Å²) >= 11 is 3.23. The van der Waals surface area contributed by atoms with Crippen LogP contribution in [0, 0.1) is 0 Å². The van der Waals surface area contributed by atoms with Gasteiger partial charge in [0, 0.05) is 22.7 Å². The largest absolute Gasteiger partial charge is 0.497 e. The fraction of sp³-hybridized carbons (Fsp3) is 0.0833. The number of urea groups is 1. The lowest BCUT2D eigenvalue weighted by atomic mass is 10.3. The first-order valence-corrected chi connectivity index (χ1v) is 6.08. The van der Waals surface area contributed by atoms with E-state index in [1.54, 1.807) is 18.2 Å². The number of aliphatic carboxylic acids is 1. The van der Waals surface area contributed by atoms with E-state index in [0.717, 1.165) is 6.08 Å². The van der Waals surface area contributed by atoms with Crippen molar-refractivity contribution in [1.82, 2.24) is 5.32 Å². The molecule has 8 heteroatoms. The third-order valence-electron chi connectivity index (χ3n) is 2.04. The third-order valence-corrected chi connectivity index (χ3v) is 2.73. The molecule has 106 valence electrons. The zero-order valence-electron chi connectivity index (χ0n) is 10.3. The summed E-state index contributed by atoms with van der Waals surface area (Å²) < 4.78 is 5.60. The Morgan fingerprint density at radius 3 is 2.60 bits per heavy atom. The minimum Gasteiger partial charge on any atom is -0.497 e. The Bertz CT molecular complexity index is 571. The molecule has 0 aliphatic heterocycles. The van der Waals surface area contributed by atoms with Crippen molar-refractivity contribution >= 4 is 39.5 Å². The average Bonchev–Trinajstić information content (AvgIpc) is 2.39. The molecule has 0 radical (unpaired) electrons. The molecule has 20 heavy (non-hydrogen) atoms.